The van der Waals surface area contributed by atoms with Crippen molar-refractivity contribution in [1.29, 1.82) is 0 Å². The molecule has 0 fully saturated rings. The van der Waals surface area contributed by atoms with E-state index in [9.17, 15) is 0 Å². The maximum absolute atomic E-state index is 6.22. The lowest BCUT2D eigenvalue weighted by Gasteiger charge is -2.11. The summed E-state index contributed by atoms with van der Waals surface area (Å²) in [6.07, 6.45) is 7.63. The molecule has 114 valence electrons. The Morgan fingerprint density at radius 2 is 1.95 bits per heavy atom. The van der Waals surface area contributed by atoms with E-state index < -0.39 is 0 Å². The van der Waals surface area contributed by atoms with Crippen molar-refractivity contribution in [3.05, 3.63) is 59.4 Å². The van der Waals surface area contributed by atoms with Gasteiger partial charge in [0.05, 0.1) is 5.69 Å². The van der Waals surface area contributed by atoms with E-state index in [-0.39, 0.29) is 0 Å². The maximum atomic E-state index is 6.22. The normalized spacial score (nSPS) is 11.0. The summed E-state index contributed by atoms with van der Waals surface area (Å²) in [6.45, 7) is 4.96. The largest absolute Gasteiger partial charge is 0.334 e. The Hall–Kier alpha value is -1.72. The lowest BCUT2D eigenvalue weighted by atomic mass is 10.2. The van der Waals surface area contributed by atoms with Crippen LogP contribution in [-0.4, -0.2) is 24.9 Å². The van der Waals surface area contributed by atoms with Gasteiger partial charge in [-0.3, -0.25) is 4.57 Å². The van der Waals surface area contributed by atoms with Crippen molar-refractivity contribution in [3.63, 3.8) is 0 Å². The molecule has 0 radical (unpaired) electrons. The van der Waals surface area contributed by atoms with Gasteiger partial charge >= 0.3 is 0 Å². The summed E-state index contributed by atoms with van der Waals surface area (Å²) in [6, 6.07) is 5.94. The Kier molecular flexibility index (Phi) is 4.55. The average Bonchev–Trinajstić information content (AvgIpc) is 3.12. The number of rotatable bonds is 5. The zero-order chi connectivity index (χ0) is 15.5. The van der Waals surface area contributed by atoms with E-state index in [2.05, 4.69) is 25.2 Å². The van der Waals surface area contributed by atoms with Crippen molar-refractivity contribution in [1.82, 2.24) is 19.1 Å². The van der Waals surface area contributed by atoms with Crippen LogP contribution in [0.25, 0.3) is 5.69 Å². The number of halogens is 1. The highest BCUT2D eigenvalue weighted by molar-refractivity contribution is 7.99. The molecule has 0 aliphatic heterocycles. The van der Waals surface area contributed by atoms with Gasteiger partial charge in [-0.05, 0) is 31.5 Å². The number of hydrogen-bond acceptors (Lipinski definition) is 3. The van der Waals surface area contributed by atoms with Crippen LogP contribution < -0.4 is 0 Å². The summed E-state index contributed by atoms with van der Waals surface area (Å²) >= 11 is 7.95. The zero-order valence-corrected chi connectivity index (χ0v) is 14.1. The summed E-state index contributed by atoms with van der Waals surface area (Å²) < 4.78 is 4.23. The third-order valence-electron chi connectivity index (χ3n) is 3.59. The van der Waals surface area contributed by atoms with Crippen molar-refractivity contribution < 1.29 is 0 Å². The SMILES string of the molecule is Cc1c(Cl)cccc1-n1ccnc1SCCn1ccnc1C. The second-order valence-corrected chi connectivity index (χ2v) is 6.45. The average molecular weight is 333 g/mol. The molecule has 3 aromatic rings. The zero-order valence-electron chi connectivity index (χ0n) is 12.5. The van der Waals surface area contributed by atoms with E-state index in [4.69, 9.17) is 11.6 Å². The molecule has 0 spiro atoms. The van der Waals surface area contributed by atoms with Gasteiger partial charge in [0, 0.05) is 42.1 Å². The van der Waals surface area contributed by atoms with Gasteiger partial charge in [-0.1, -0.05) is 29.4 Å². The van der Waals surface area contributed by atoms with Crippen LogP contribution in [0.5, 0.6) is 0 Å². The van der Waals surface area contributed by atoms with Crippen molar-refractivity contribution in [2.75, 3.05) is 5.75 Å². The number of aryl methyl sites for hydroxylation is 2. The number of benzene rings is 1. The van der Waals surface area contributed by atoms with Crippen LogP contribution in [0, 0.1) is 13.8 Å². The standard InChI is InChI=1S/C16H17ClN4S/c1-12-14(17)4-3-5-15(12)21-9-7-19-16(21)22-11-10-20-8-6-18-13(20)2/h3-9H,10-11H2,1-2H3. The highest BCUT2D eigenvalue weighted by atomic mass is 35.5. The number of imidazole rings is 2. The van der Waals surface area contributed by atoms with Gasteiger partial charge in [0.2, 0.25) is 0 Å². The van der Waals surface area contributed by atoms with Gasteiger partial charge in [-0.2, -0.15) is 0 Å². The number of nitrogens with zero attached hydrogens (tertiary/aromatic N) is 4. The number of thioether (sulfide) groups is 1. The van der Waals surface area contributed by atoms with Crippen molar-refractivity contribution in [2.45, 2.75) is 25.5 Å². The Morgan fingerprint density at radius 3 is 2.73 bits per heavy atom. The molecule has 2 heterocycles. The van der Waals surface area contributed by atoms with E-state index >= 15 is 0 Å². The highest BCUT2D eigenvalue weighted by Crippen LogP contribution is 2.26. The summed E-state index contributed by atoms with van der Waals surface area (Å²) in [5, 5.41) is 1.75. The smallest absolute Gasteiger partial charge is 0.172 e. The summed E-state index contributed by atoms with van der Waals surface area (Å²) in [7, 11) is 0. The summed E-state index contributed by atoms with van der Waals surface area (Å²) in [4.78, 5) is 8.70. The minimum atomic E-state index is 0.774. The molecule has 0 aliphatic carbocycles. The molecule has 1 aromatic carbocycles. The van der Waals surface area contributed by atoms with Gasteiger partial charge in [0.25, 0.3) is 0 Å². The molecule has 0 saturated carbocycles. The first kappa shape index (κ1) is 15.2. The molecular formula is C16H17ClN4S. The number of hydrogen-bond donors (Lipinski definition) is 0. The Labute approximate surface area is 139 Å². The third kappa shape index (κ3) is 3.05. The second-order valence-electron chi connectivity index (χ2n) is 4.98. The molecule has 0 saturated heterocycles. The summed E-state index contributed by atoms with van der Waals surface area (Å²) in [5.41, 5.74) is 2.14. The Bertz CT molecular complexity index is 778. The molecule has 0 N–H and O–H groups in total. The van der Waals surface area contributed by atoms with Gasteiger partial charge in [0.15, 0.2) is 5.16 Å². The van der Waals surface area contributed by atoms with Gasteiger partial charge in [0.1, 0.15) is 5.82 Å². The molecule has 0 atom stereocenters. The van der Waals surface area contributed by atoms with E-state index in [0.29, 0.717) is 0 Å². The first-order chi connectivity index (χ1) is 10.7. The molecule has 2 aromatic heterocycles. The van der Waals surface area contributed by atoms with E-state index in [1.54, 1.807) is 11.8 Å². The topological polar surface area (TPSA) is 35.6 Å². The van der Waals surface area contributed by atoms with Crippen LogP contribution in [0.3, 0.4) is 0 Å². The molecule has 3 rings (SSSR count). The van der Waals surface area contributed by atoms with Crippen molar-refractivity contribution in [3.8, 4) is 5.69 Å². The lowest BCUT2D eigenvalue weighted by Crippen LogP contribution is -2.03. The van der Waals surface area contributed by atoms with Gasteiger partial charge in [-0.15, -0.1) is 0 Å². The first-order valence-corrected chi connectivity index (χ1v) is 8.42. The molecule has 6 heteroatoms. The molecular weight excluding hydrogens is 316 g/mol. The lowest BCUT2D eigenvalue weighted by molar-refractivity contribution is 0.736. The third-order valence-corrected chi connectivity index (χ3v) is 4.95. The maximum Gasteiger partial charge on any atom is 0.172 e. The summed E-state index contributed by atoms with van der Waals surface area (Å²) in [5.74, 6) is 1.98. The van der Waals surface area contributed by atoms with Crippen LogP contribution in [0.2, 0.25) is 5.02 Å². The molecule has 4 nitrogen and oxygen atoms in total. The first-order valence-electron chi connectivity index (χ1n) is 7.06. The monoisotopic (exact) mass is 332 g/mol. The fraction of sp³-hybridized carbons (Fsp3) is 0.250. The highest BCUT2D eigenvalue weighted by Gasteiger charge is 2.10. The second kappa shape index (κ2) is 6.58. The van der Waals surface area contributed by atoms with Crippen LogP contribution >= 0.6 is 23.4 Å². The van der Waals surface area contributed by atoms with E-state index in [1.807, 2.05) is 50.8 Å². The van der Waals surface area contributed by atoms with Crippen LogP contribution in [0.15, 0.2) is 48.1 Å². The van der Waals surface area contributed by atoms with Gasteiger partial charge in [-0.25, -0.2) is 9.97 Å². The minimum absolute atomic E-state index is 0.774. The predicted octanol–water partition coefficient (Wildman–Crippen LogP) is 4.13. The fourth-order valence-electron chi connectivity index (χ4n) is 2.31. The quantitative estimate of drug-likeness (QED) is 0.659. The van der Waals surface area contributed by atoms with Crippen LogP contribution in [0.4, 0.5) is 0 Å². The fourth-order valence-corrected chi connectivity index (χ4v) is 3.39. The van der Waals surface area contributed by atoms with Crippen LogP contribution in [-0.2, 0) is 6.54 Å². The van der Waals surface area contributed by atoms with E-state index in [1.165, 1.54) is 0 Å². The molecule has 0 bridgehead atoms. The van der Waals surface area contributed by atoms with E-state index in [0.717, 1.165) is 39.6 Å². The minimum Gasteiger partial charge on any atom is -0.334 e. The predicted molar refractivity (Wildman–Crippen MR) is 91.0 cm³/mol. The van der Waals surface area contributed by atoms with Crippen molar-refractivity contribution >= 4 is 23.4 Å². The Morgan fingerprint density at radius 1 is 1.14 bits per heavy atom. The molecule has 0 amide bonds. The number of aromatic nitrogens is 4. The van der Waals surface area contributed by atoms with Crippen LogP contribution in [0.1, 0.15) is 11.4 Å². The Balaban J connectivity index is 1.75. The molecule has 0 aliphatic rings. The molecule has 0 unspecified atom stereocenters. The van der Waals surface area contributed by atoms with Crippen molar-refractivity contribution in [2.24, 2.45) is 0 Å². The van der Waals surface area contributed by atoms with Gasteiger partial charge < -0.3 is 4.57 Å². The molecule has 22 heavy (non-hydrogen) atoms.